The smallest absolute Gasteiger partial charge is 0.419 e. The maximum absolute atomic E-state index is 14.2. The molecular formula is C42H47F3N8O4S. The lowest BCUT2D eigenvalue weighted by atomic mass is 10.0. The number of pyridine rings is 1. The molecule has 1 aromatic heterocycles. The molecule has 0 bridgehead atoms. The molecule has 4 heterocycles. The predicted molar refractivity (Wildman–Crippen MR) is 220 cm³/mol. The third-order valence-corrected chi connectivity index (χ3v) is 11.3. The molecule has 2 saturated heterocycles. The molecule has 3 aliphatic rings. The highest BCUT2D eigenvalue weighted by atomic mass is 32.1. The molecule has 3 aliphatic heterocycles. The first-order chi connectivity index (χ1) is 27.7. The van der Waals surface area contributed by atoms with Crippen molar-refractivity contribution in [3.63, 3.8) is 0 Å². The summed E-state index contributed by atoms with van der Waals surface area (Å²) in [5.74, 6) is -0.242. The van der Waals surface area contributed by atoms with Crippen molar-refractivity contribution in [2.24, 2.45) is 0 Å². The topological polar surface area (TPSA) is 131 Å². The molecule has 3 aromatic carbocycles. The van der Waals surface area contributed by atoms with Crippen molar-refractivity contribution in [2.45, 2.75) is 70.4 Å². The molecule has 0 radical (unpaired) electrons. The zero-order chi connectivity index (χ0) is 41.3. The second kappa shape index (κ2) is 16.9. The first kappa shape index (κ1) is 40.9. The van der Waals surface area contributed by atoms with E-state index in [1.54, 1.807) is 18.2 Å². The molecule has 4 N–H and O–H groups in total. The van der Waals surface area contributed by atoms with Gasteiger partial charge in [-0.15, -0.1) is 0 Å². The fraction of sp³-hybridized carbons (Fsp3) is 0.381. The number of carbonyl (C=O) groups is 3. The Kier molecular flexibility index (Phi) is 11.9. The Bertz CT molecular complexity index is 2210. The molecule has 2 atom stereocenters. The van der Waals surface area contributed by atoms with Crippen LogP contribution in [-0.2, 0) is 28.9 Å². The maximum Gasteiger partial charge on any atom is 0.419 e. The number of ether oxygens (including phenoxy) is 1. The molecule has 0 aliphatic carbocycles. The van der Waals surface area contributed by atoms with Crippen LogP contribution >= 0.6 is 12.6 Å². The molecular weight excluding hydrogens is 770 g/mol. The number of hydrogen-bond donors (Lipinski definition) is 5. The largest absolute Gasteiger partial charge is 0.489 e. The number of aryl methyl sites for hydroxylation is 1. The second-order valence-electron chi connectivity index (χ2n) is 15.1. The zero-order valence-electron chi connectivity index (χ0n) is 32.7. The van der Waals surface area contributed by atoms with Crippen LogP contribution in [0.4, 0.5) is 41.7 Å². The van der Waals surface area contributed by atoms with E-state index in [0.717, 1.165) is 61.3 Å². The van der Waals surface area contributed by atoms with Crippen LogP contribution in [0.3, 0.4) is 0 Å². The van der Waals surface area contributed by atoms with Gasteiger partial charge in [-0.25, -0.2) is 4.98 Å². The van der Waals surface area contributed by atoms with Gasteiger partial charge in [0.1, 0.15) is 11.6 Å². The molecule has 12 nitrogen and oxygen atoms in total. The number of piperidine rings is 1. The highest BCUT2D eigenvalue weighted by molar-refractivity contribution is 7.80. The summed E-state index contributed by atoms with van der Waals surface area (Å²) in [5, 5.41) is 10.8. The van der Waals surface area contributed by atoms with Gasteiger partial charge >= 0.3 is 6.18 Å². The number of halogens is 3. The van der Waals surface area contributed by atoms with Crippen molar-refractivity contribution < 1.29 is 32.3 Å². The van der Waals surface area contributed by atoms with E-state index in [0.29, 0.717) is 30.8 Å². The van der Waals surface area contributed by atoms with Crippen LogP contribution in [0.5, 0.6) is 5.75 Å². The number of imide groups is 1. The minimum Gasteiger partial charge on any atom is -0.489 e. The Morgan fingerprint density at radius 3 is 2.47 bits per heavy atom. The van der Waals surface area contributed by atoms with Gasteiger partial charge in [0.25, 0.3) is 5.91 Å². The van der Waals surface area contributed by atoms with Crippen molar-refractivity contribution in [2.75, 3.05) is 48.8 Å². The number of thiol groups is 1. The van der Waals surface area contributed by atoms with E-state index in [-0.39, 0.29) is 52.1 Å². The molecule has 7 rings (SSSR count). The van der Waals surface area contributed by atoms with Crippen LogP contribution in [0, 0.1) is 6.92 Å². The zero-order valence-corrected chi connectivity index (χ0v) is 33.6. The Balaban J connectivity index is 1.05. The number of amides is 3. The van der Waals surface area contributed by atoms with Crippen LogP contribution in [0.2, 0.25) is 0 Å². The lowest BCUT2D eigenvalue weighted by molar-refractivity contribution is -0.138. The van der Waals surface area contributed by atoms with E-state index in [1.165, 1.54) is 24.7 Å². The maximum atomic E-state index is 14.2. The summed E-state index contributed by atoms with van der Waals surface area (Å²) in [4.78, 5) is 47.7. The van der Waals surface area contributed by atoms with E-state index in [4.69, 9.17) is 17.4 Å². The molecule has 2 fully saturated rings. The molecule has 2 unspecified atom stereocenters. The number of fused-ring (bicyclic) bond motifs is 1. The molecule has 4 aromatic rings. The number of carbonyl (C=O) groups excluding carboxylic acids is 3. The highest BCUT2D eigenvalue weighted by Crippen LogP contribution is 2.42. The van der Waals surface area contributed by atoms with Crippen molar-refractivity contribution in [3.8, 4) is 5.75 Å². The summed E-state index contributed by atoms with van der Waals surface area (Å²) >= 11 is 4.89. The van der Waals surface area contributed by atoms with Gasteiger partial charge in [0.15, 0.2) is 0 Å². The van der Waals surface area contributed by atoms with Gasteiger partial charge in [0.05, 0.1) is 45.7 Å². The Morgan fingerprint density at radius 1 is 1.00 bits per heavy atom. The van der Waals surface area contributed by atoms with E-state index >= 15 is 0 Å². The van der Waals surface area contributed by atoms with Gasteiger partial charge in [-0.1, -0.05) is 30.3 Å². The predicted octanol–water partition coefficient (Wildman–Crippen LogP) is 6.91. The summed E-state index contributed by atoms with van der Waals surface area (Å²) in [7, 11) is 1.45. The van der Waals surface area contributed by atoms with E-state index in [2.05, 4.69) is 59.1 Å². The Morgan fingerprint density at radius 2 is 1.76 bits per heavy atom. The van der Waals surface area contributed by atoms with Gasteiger partial charge in [0, 0.05) is 76.8 Å². The minimum absolute atomic E-state index is 0.154. The first-order valence-electron chi connectivity index (χ1n) is 19.3. The number of nitrogens with one attached hydrogen (secondary N) is 4. The lowest BCUT2D eigenvalue weighted by Gasteiger charge is -2.37. The fourth-order valence-corrected chi connectivity index (χ4v) is 8.28. The number of anilines is 5. The van der Waals surface area contributed by atoms with E-state index < -0.39 is 17.6 Å². The lowest BCUT2D eigenvalue weighted by Crippen LogP contribution is -2.51. The van der Waals surface area contributed by atoms with Crippen LogP contribution < -0.4 is 30.9 Å². The van der Waals surface area contributed by atoms with Crippen molar-refractivity contribution in [1.29, 1.82) is 0 Å². The normalized spacial score (nSPS) is 18.9. The van der Waals surface area contributed by atoms with Crippen LogP contribution in [0.25, 0.3) is 0 Å². The van der Waals surface area contributed by atoms with Gasteiger partial charge in [-0.05, 0) is 67.6 Å². The highest BCUT2D eigenvalue weighted by Gasteiger charge is 2.39. The number of aromatic nitrogens is 1. The number of rotatable bonds is 11. The third kappa shape index (κ3) is 8.88. The molecule has 306 valence electrons. The van der Waals surface area contributed by atoms with Crippen LogP contribution in [-0.4, -0.2) is 77.9 Å². The van der Waals surface area contributed by atoms with Gasteiger partial charge in [0.2, 0.25) is 11.8 Å². The average Bonchev–Trinajstić information content (AvgIpc) is 3.50. The summed E-state index contributed by atoms with van der Waals surface area (Å²) in [5.41, 5.74) is 5.07. The Labute approximate surface area is 340 Å². The van der Waals surface area contributed by atoms with Gasteiger partial charge in [-0.2, -0.15) is 25.8 Å². The molecule has 3 amide bonds. The summed E-state index contributed by atoms with van der Waals surface area (Å²) in [6, 6.07) is 17.6. The number of para-hydroxylation sites is 1. The molecule has 0 saturated carbocycles. The number of nitrogens with zero attached hydrogens (tertiary/aromatic N) is 4. The number of hydrogen-bond acceptors (Lipinski definition) is 11. The summed E-state index contributed by atoms with van der Waals surface area (Å²) in [6.07, 6.45) is -3.31. The third-order valence-electron chi connectivity index (χ3n) is 10.7. The SMILES string of the molecule is CNC(=O)c1ccccc1Nc1cc(Nc2cc(C)c(N3CCN(Cc4ccc5c(c4)C(S)N(C4CCC(=O)NC4=O)C5)CC3)cc2OC(C)C)ncc1C(F)(F)F. The first-order valence-corrected chi connectivity index (χ1v) is 19.8. The number of alkyl halides is 3. The number of piperazine rings is 1. The van der Waals surface area contributed by atoms with Gasteiger partial charge in [-0.3, -0.25) is 29.5 Å². The molecule has 16 heteroatoms. The fourth-order valence-electron chi connectivity index (χ4n) is 7.80. The monoisotopic (exact) mass is 816 g/mol. The molecule has 0 spiro atoms. The minimum atomic E-state index is -4.71. The van der Waals surface area contributed by atoms with Crippen molar-refractivity contribution in [1.82, 2.24) is 25.4 Å². The van der Waals surface area contributed by atoms with Crippen LogP contribution in [0.1, 0.15) is 70.2 Å². The second-order valence-corrected chi connectivity index (χ2v) is 15.6. The van der Waals surface area contributed by atoms with Crippen molar-refractivity contribution >= 4 is 58.9 Å². The quantitative estimate of drug-likeness (QED) is 0.0804. The van der Waals surface area contributed by atoms with Crippen LogP contribution in [0.15, 0.2) is 66.9 Å². The summed E-state index contributed by atoms with van der Waals surface area (Å²) in [6.45, 7) is 10.4. The number of benzene rings is 3. The van der Waals surface area contributed by atoms with E-state index in [1.807, 2.05) is 32.9 Å². The molecule has 58 heavy (non-hydrogen) atoms. The average molecular weight is 817 g/mol. The van der Waals surface area contributed by atoms with E-state index in [9.17, 15) is 27.6 Å². The standard InChI is InChI=1S/C42H47F3N8O4S/c1-24(2)57-36-20-35(25(3)17-33(36)49-37-19-32(30(21-47-37)42(43,44)45)48-31-8-6-5-7-28(31)39(55)46-4)52-15-13-51(14-16-52)22-26-9-10-27-23-53(41(58)29(27)18-26)34-11-12-38(54)50-40(34)56/h5-10,17-21,24,34,41,58H,11-16,22-23H2,1-4H3,(H,46,55)(H2,47,48,49)(H,50,54,56). The Hall–Kier alpha value is -5.32. The summed E-state index contributed by atoms with van der Waals surface area (Å²) < 4.78 is 48.8. The van der Waals surface area contributed by atoms with Gasteiger partial charge < -0.3 is 25.6 Å². The van der Waals surface area contributed by atoms with Crippen molar-refractivity contribution in [3.05, 3.63) is 100 Å².